The number of rotatable bonds is 6. The zero-order chi connectivity index (χ0) is 14.4. The van der Waals surface area contributed by atoms with Gasteiger partial charge in [0.15, 0.2) is 0 Å². The number of nitrogens with zero attached hydrogens (tertiary/aromatic N) is 1. The van der Waals surface area contributed by atoms with Crippen molar-refractivity contribution in [2.24, 2.45) is 0 Å². The summed E-state index contributed by atoms with van der Waals surface area (Å²) in [5, 5.41) is 2.92. The van der Waals surface area contributed by atoms with Crippen molar-refractivity contribution in [2.45, 2.75) is 19.4 Å². The van der Waals surface area contributed by atoms with Gasteiger partial charge in [0.25, 0.3) is 0 Å². The number of aryl methyl sites for hydroxylation is 1. The second kappa shape index (κ2) is 6.80. The minimum absolute atomic E-state index is 0.0860. The number of hydrogen-bond acceptors (Lipinski definition) is 2. The summed E-state index contributed by atoms with van der Waals surface area (Å²) in [6.45, 7) is 0.585. The molecule has 0 fully saturated rings. The largest absolute Gasteiger partial charge is 0.378 e. The molecule has 2 aromatic rings. The first-order valence-electron chi connectivity index (χ1n) is 6.80. The molecule has 0 radical (unpaired) electrons. The number of hydrogen-bond donors (Lipinski definition) is 2. The highest BCUT2D eigenvalue weighted by Gasteiger charge is 2.03. The fraction of sp³-hybridized carbons (Fsp3) is 0.312. The normalized spacial score (nSPS) is 10.3. The summed E-state index contributed by atoms with van der Waals surface area (Å²) in [5.74, 6) is 0.0860. The summed E-state index contributed by atoms with van der Waals surface area (Å²) >= 11 is 0. The Morgan fingerprint density at radius 3 is 2.50 bits per heavy atom. The van der Waals surface area contributed by atoms with E-state index in [9.17, 15) is 4.79 Å². The standard InChI is InChI=1S/C16H21N3O/c1-19(2)15-6-3-13(4-7-15)5-8-16(20)18-12-14-9-10-17-11-14/h3-4,6-7,9-11,17H,5,8,12H2,1-2H3,(H,18,20). The molecule has 0 spiro atoms. The number of anilines is 1. The van der Waals surface area contributed by atoms with Gasteiger partial charge in [-0.2, -0.15) is 0 Å². The molecule has 1 amide bonds. The number of H-pyrrole nitrogens is 1. The maximum Gasteiger partial charge on any atom is 0.220 e. The Morgan fingerprint density at radius 1 is 1.15 bits per heavy atom. The van der Waals surface area contributed by atoms with Gasteiger partial charge in [0.1, 0.15) is 0 Å². The summed E-state index contributed by atoms with van der Waals surface area (Å²) in [6, 6.07) is 10.3. The number of nitrogens with one attached hydrogen (secondary N) is 2. The summed E-state index contributed by atoms with van der Waals surface area (Å²) < 4.78 is 0. The van der Waals surface area contributed by atoms with E-state index in [2.05, 4.69) is 39.5 Å². The highest BCUT2D eigenvalue weighted by molar-refractivity contribution is 5.76. The third kappa shape index (κ3) is 4.16. The Labute approximate surface area is 119 Å². The van der Waals surface area contributed by atoms with Crippen LogP contribution in [-0.4, -0.2) is 25.0 Å². The molecule has 20 heavy (non-hydrogen) atoms. The van der Waals surface area contributed by atoms with Crippen LogP contribution in [0.5, 0.6) is 0 Å². The molecule has 106 valence electrons. The lowest BCUT2D eigenvalue weighted by atomic mass is 10.1. The lowest BCUT2D eigenvalue weighted by molar-refractivity contribution is -0.121. The zero-order valence-electron chi connectivity index (χ0n) is 12.0. The third-order valence-electron chi connectivity index (χ3n) is 3.25. The quantitative estimate of drug-likeness (QED) is 0.847. The van der Waals surface area contributed by atoms with Gasteiger partial charge in [-0.1, -0.05) is 12.1 Å². The Hall–Kier alpha value is -2.23. The van der Waals surface area contributed by atoms with Crippen molar-refractivity contribution >= 4 is 11.6 Å². The lowest BCUT2D eigenvalue weighted by Gasteiger charge is -2.12. The van der Waals surface area contributed by atoms with Crippen molar-refractivity contribution in [3.63, 3.8) is 0 Å². The molecule has 0 saturated heterocycles. The highest BCUT2D eigenvalue weighted by atomic mass is 16.1. The molecule has 4 nitrogen and oxygen atoms in total. The van der Waals surface area contributed by atoms with Crippen molar-refractivity contribution in [1.82, 2.24) is 10.3 Å². The topological polar surface area (TPSA) is 48.1 Å². The van der Waals surface area contributed by atoms with Gasteiger partial charge in [-0.05, 0) is 35.7 Å². The molecule has 0 unspecified atom stereocenters. The van der Waals surface area contributed by atoms with Crippen molar-refractivity contribution in [1.29, 1.82) is 0 Å². The molecule has 0 bridgehead atoms. The van der Waals surface area contributed by atoms with E-state index >= 15 is 0 Å². The van der Waals surface area contributed by atoms with Crippen LogP contribution in [0.15, 0.2) is 42.7 Å². The first kappa shape index (κ1) is 14.2. The predicted molar refractivity (Wildman–Crippen MR) is 81.7 cm³/mol. The molecule has 2 rings (SSSR count). The number of aromatic nitrogens is 1. The highest BCUT2D eigenvalue weighted by Crippen LogP contribution is 2.13. The predicted octanol–water partition coefficient (Wildman–Crippen LogP) is 2.33. The average molecular weight is 271 g/mol. The van der Waals surface area contributed by atoms with E-state index in [4.69, 9.17) is 0 Å². The number of carbonyl (C=O) groups is 1. The van der Waals surface area contributed by atoms with Gasteiger partial charge in [-0.25, -0.2) is 0 Å². The molecule has 0 atom stereocenters. The van der Waals surface area contributed by atoms with E-state index in [-0.39, 0.29) is 5.91 Å². The van der Waals surface area contributed by atoms with Crippen LogP contribution in [0.25, 0.3) is 0 Å². The Balaban J connectivity index is 1.75. The zero-order valence-corrected chi connectivity index (χ0v) is 12.0. The van der Waals surface area contributed by atoms with Gasteiger partial charge in [0.05, 0.1) is 0 Å². The molecular formula is C16H21N3O. The van der Waals surface area contributed by atoms with Crippen LogP contribution in [-0.2, 0) is 17.8 Å². The van der Waals surface area contributed by atoms with Gasteiger partial charge >= 0.3 is 0 Å². The molecule has 1 heterocycles. The van der Waals surface area contributed by atoms with Gasteiger partial charge in [0.2, 0.25) is 5.91 Å². The lowest BCUT2D eigenvalue weighted by Crippen LogP contribution is -2.22. The van der Waals surface area contributed by atoms with Gasteiger partial charge in [-0.15, -0.1) is 0 Å². The van der Waals surface area contributed by atoms with Gasteiger partial charge in [0, 0.05) is 45.1 Å². The van der Waals surface area contributed by atoms with E-state index in [0.29, 0.717) is 13.0 Å². The molecule has 0 aliphatic rings. The third-order valence-corrected chi connectivity index (χ3v) is 3.25. The molecule has 0 aliphatic carbocycles. The molecule has 2 N–H and O–H groups in total. The molecule has 0 aliphatic heterocycles. The molecule has 1 aromatic heterocycles. The Morgan fingerprint density at radius 2 is 1.90 bits per heavy atom. The Kier molecular flexibility index (Phi) is 4.82. The summed E-state index contributed by atoms with van der Waals surface area (Å²) in [7, 11) is 4.03. The fourth-order valence-corrected chi connectivity index (χ4v) is 1.98. The summed E-state index contributed by atoms with van der Waals surface area (Å²) in [6.07, 6.45) is 5.03. The van der Waals surface area contributed by atoms with Gasteiger partial charge in [-0.3, -0.25) is 4.79 Å². The van der Waals surface area contributed by atoms with E-state index in [1.54, 1.807) is 0 Å². The monoisotopic (exact) mass is 271 g/mol. The van der Waals surface area contributed by atoms with E-state index in [1.165, 1.54) is 11.3 Å². The van der Waals surface area contributed by atoms with Crippen molar-refractivity contribution < 1.29 is 4.79 Å². The number of carbonyl (C=O) groups excluding carboxylic acids is 1. The maximum absolute atomic E-state index is 11.8. The second-order valence-electron chi connectivity index (χ2n) is 5.06. The minimum Gasteiger partial charge on any atom is -0.378 e. The van der Waals surface area contributed by atoms with E-state index in [0.717, 1.165) is 12.0 Å². The average Bonchev–Trinajstić information content (AvgIpc) is 2.96. The smallest absolute Gasteiger partial charge is 0.220 e. The van der Waals surface area contributed by atoms with Crippen molar-refractivity contribution in [2.75, 3.05) is 19.0 Å². The SMILES string of the molecule is CN(C)c1ccc(CCC(=O)NCc2cc[nH]c2)cc1. The Bertz CT molecular complexity index is 529. The van der Waals surface area contributed by atoms with Crippen molar-refractivity contribution in [3.05, 3.63) is 53.9 Å². The molecule has 0 saturated carbocycles. The number of aromatic amines is 1. The first-order chi connectivity index (χ1) is 9.65. The first-order valence-corrected chi connectivity index (χ1v) is 6.80. The second-order valence-corrected chi connectivity index (χ2v) is 5.06. The van der Waals surface area contributed by atoms with Crippen LogP contribution in [0.3, 0.4) is 0 Å². The van der Waals surface area contributed by atoms with E-state index in [1.807, 2.05) is 32.6 Å². The summed E-state index contributed by atoms with van der Waals surface area (Å²) in [5.41, 5.74) is 3.45. The van der Waals surface area contributed by atoms with Crippen LogP contribution in [0, 0.1) is 0 Å². The number of amides is 1. The molecule has 4 heteroatoms. The maximum atomic E-state index is 11.8. The van der Waals surface area contributed by atoms with E-state index < -0.39 is 0 Å². The summed E-state index contributed by atoms with van der Waals surface area (Å²) in [4.78, 5) is 16.8. The van der Waals surface area contributed by atoms with Crippen LogP contribution >= 0.6 is 0 Å². The van der Waals surface area contributed by atoms with Crippen LogP contribution in [0.1, 0.15) is 17.5 Å². The molecule has 1 aromatic carbocycles. The van der Waals surface area contributed by atoms with Crippen LogP contribution in [0.2, 0.25) is 0 Å². The van der Waals surface area contributed by atoms with Crippen LogP contribution in [0.4, 0.5) is 5.69 Å². The number of benzene rings is 1. The fourth-order valence-electron chi connectivity index (χ4n) is 1.98. The minimum atomic E-state index is 0.0860. The van der Waals surface area contributed by atoms with Gasteiger partial charge < -0.3 is 15.2 Å². The van der Waals surface area contributed by atoms with Crippen molar-refractivity contribution in [3.8, 4) is 0 Å². The molecular weight excluding hydrogens is 250 g/mol. The van der Waals surface area contributed by atoms with Crippen LogP contribution < -0.4 is 10.2 Å².